The van der Waals surface area contributed by atoms with Crippen molar-refractivity contribution in [3.05, 3.63) is 47.1 Å². The standard InChI is InChI=1S/C27H34ClN7O/c1-15-7-22-23(12-21(15)28)33-25(32-22)4-3-16-8-18(9-16)34(2)13-17-10-19(11-24(17)36)35-6-5-20-26(29)30-14-31-27(20)35/h5-7,12,14,16-19,24,36H,3-4,8-11,13H2,1-2H3,(H,32,33)(H2,29,30,31)/t16?,17-,18?,19-,24+/m1/s1. The van der Waals surface area contributed by atoms with E-state index in [2.05, 4.69) is 37.5 Å². The molecule has 0 saturated heterocycles. The number of hydrogen-bond acceptors (Lipinski definition) is 6. The van der Waals surface area contributed by atoms with Crippen molar-refractivity contribution in [3.63, 3.8) is 0 Å². The van der Waals surface area contributed by atoms with E-state index >= 15 is 0 Å². The molecule has 0 amide bonds. The molecule has 9 heteroatoms. The molecule has 2 aliphatic carbocycles. The summed E-state index contributed by atoms with van der Waals surface area (Å²) < 4.78 is 2.17. The maximum atomic E-state index is 10.8. The number of nitrogens with one attached hydrogen (secondary N) is 1. The number of aromatic amines is 1. The van der Waals surface area contributed by atoms with Gasteiger partial charge in [0.05, 0.1) is 22.5 Å². The molecule has 0 bridgehead atoms. The zero-order valence-electron chi connectivity index (χ0n) is 20.9. The zero-order valence-corrected chi connectivity index (χ0v) is 21.6. The van der Waals surface area contributed by atoms with E-state index in [1.807, 2.05) is 25.3 Å². The molecule has 0 spiro atoms. The molecule has 2 fully saturated rings. The van der Waals surface area contributed by atoms with Crippen molar-refractivity contribution < 1.29 is 5.11 Å². The summed E-state index contributed by atoms with van der Waals surface area (Å²) in [5, 5.41) is 12.5. The Balaban J connectivity index is 0.999. The molecule has 0 unspecified atom stereocenters. The highest BCUT2D eigenvalue weighted by molar-refractivity contribution is 6.32. The van der Waals surface area contributed by atoms with Gasteiger partial charge in [-0.3, -0.25) is 0 Å². The second kappa shape index (κ2) is 9.32. The number of nitrogens with zero attached hydrogens (tertiary/aromatic N) is 5. The number of aliphatic hydroxyl groups excluding tert-OH is 1. The van der Waals surface area contributed by atoms with Crippen LogP contribution in [-0.2, 0) is 6.42 Å². The molecule has 2 saturated carbocycles. The molecule has 8 nitrogen and oxygen atoms in total. The lowest BCUT2D eigenvalue weighted by atomic mass is 9.76. The number of nitrogen functional groups attached to an aromatic ring is 1. The third-order valence-corrected chi connectivity index (χ3v) is 8.93. The number of anilines is 1. The number of imidazole rings is 1. The lowest BCUT2D eigenvalue weighted by Gasteiger charge is -2.42. The number of nitrogens with two attached hydrogens (primary N) is 1. The Morgan fingerprint density at radius 3 is 2.89 bits per heavy atom. The molecule has 2 aliphatic rings. The average Bonchev–Trinajstić information content (AvgIpc) is 3.50. The van der Waals surface area contributed by atoms with Crippen LogP contribution in [0.25, 0.3) is 22.1 Å². The Hall–Kier alpha value is -2.68. The summed E-state index contributed by atoms with van der Waals surface area (Å²) in [6, 6.07) is 6.84. The molecule has 6 rings (SSSR count). The molecule has 36 heavy (non-hydrogen) atoms. The van der Waals surface area contributed by atoms with Crippen LogP contribution in [0.1, 0.15) is 49.5 Å². The smallest absolute Gasteiger partial charge is 0.145 e. The second-order valence-electron chi connectivity index (χ2n) is 10.9. The summed E-state index contributed by atoms with van der Waals surface area (Å²) in [5.74, 6) is 2.55. The third kappa shape index (κ3) is 4.35. The Morgan fingerprint density at radius 1 is 1.22 bits per heavy atom. The second-order valence-corrected chi connectivity index (χ2v) is 11.4. The fourth-order valence-electron chi connectivity index (χ4n) is 6.25. The van der Waals surface area contributed by atoms with Crippen LogP contribution in [-0.4, -0.2) is 60.2 Å². The molecule has 190 valence electrons. The Bertz CT molecular complexity index is 1350. The minimum absolute atomic E-state index is 0.238. The van der Waals surface area contributed by atoms with Gasteiger partial charge in [-0.25, -0.2) is 15.0 Å². The first-order valence-electron chi connectivity index (χ1n) is 13.0. The van der Waals surface area contributed by atoms with Gasteiger partial charge in [-0.1, -0.05) is 11.6 Å². The Kier molecular flexibility index (Phi) is 6.14. The van der Waals surface area contributed by atoms with Crippen LogP contribution in [0.4, 0.5) is 5.82 Å². The summed E-state index contributed by atoms with van der Waals surface area (Å²) >= 11 is 6.25. The van der Waals surface area contributed by atoms with Crippen molar-refractivity contribution in [1.82, 2.24) is 29.4 Å². The van der Waals surface area contributed by atoms with Crippen LogP contribution in [0.5, 0.6) is 0 Å². The van der Waals surface area contributed by atoms with Crippen LogP contribution in [0.15, 0.2) is 30.7 Å². The third-order valence-electron chi connectivity index (χ3n) is 8.52. The number of benzene rings is 1. The number of hydrogen-bond donors (Lipinski definition) is 3. The summed E-state index contributed by atoms with van der Waals surface area (Å²) in [6.07, 6.45) is 9.50. The van der Waals surface area contributed by atoms with Gasteiger partial charge in [-0.05, 0) is 81.7 Å². The number of rotatable bonds is 7. The quantitative estimate of drug-likeness (QED) is 0.339. The molecule has 1 aromatic carbocycles. The SMILES string of the molecule is Cc1cc2[nH]c(CCC3CC(N(C)C[C@H]4C[C@@H](n5ccc6c(N)ncnc65)C[C@@H]4O)C3)nc2cc1Cl. The van der Waals surface area contributed by atoms with Gasteiger partial charge in [-0.15, -0.1) is 0 Å². The first-order chi connectivity index (χ1) is 17.4. The van der Waals surface area contributed by atoms with E-state index in [9.17, 15) is 5.11 Å². The molecule has 4 N–H and O–H groups in total. The molecule has 0 aliphatic heterocycles. The predicted molar refractivity (Wildman–Crippen MR) is 143 cm³/mol. The molecule has 3 aromatic heterocycles. The van der Waals surface area contributed by atoms with Crippen LogP contribution in [0.2, 0.25) is 5.02 Å². The van der Waals surface area contributed by atoms with Gasteiger partial charge in [0.15, 0.2) is 0 Å². The number of aliphatic hydroxyl groups is 1. The van der Waals surface area contributed by atoms with Crippen LogP contribution >= 0.6 is 11.6 Å². The monoisotopic (exact) mass is 507 g/mol. The van der Waals surface area contributed by atoms with Crippen LogP contribution in [0, 0.1) is 18.8 Å². The Morgan fingerprint density at radius 2 is 2.06 bits per heavy atom. The highest BCUT2D eigenvalue weighted by Gasteiger charge is 2.38. The maximum Gasteiger partial charge on any atom is 0.145 e. The first-order valence-corrected chi connectivity index (χ1v) is 13.3. The zero-order chi connectivity index (χ0) is 25.0. The van der Waals surface area contributed by atoms with Gasteiger partial charge in [-0.2, -0.15) is 0 Å². The van der Waals surface area contributed by atoms with Gasteiger partial charge in [0.25, 0.3) is 0 Å². The fraction of sp³-hybridized carbons (Fsp3) is 0.519. The van der Waals surface area contributed by atoms with Gasteiger partial charge in [0.2, 0.25) is 0 Å². The van der Waals surface area contributed by atoms with Gasteiger partial charge >= 0.3 is 0 Å². The highest BCUT2D eigenvalue weighted by Crippen LogP contribution is 2.40. The number of halogens is 1. The largest absolute Gasteiger partial charge is 0.393 e. The molecule has 3 heterocycles. The molecular formula is C27H34ClN7O. The van der Waals surface area contributed by atoms with Crippen molar-refractivity contribution in [1.29, 1.82) is 0 Å². The van der Waals surface area contributed by atoms with E-state index in [-0.39, 0.29) is 18.1 Å². The van der Waals surface area contributed by atoms with Crippen molar-refractivity contribution in [2.45, 2.75) is 63.6 Å². The minimum atomic E-state index is -0.296. The van der Waals surface area contributed by atoms with Crippen LogP contribution < -0.4 is 5.73 Å². The maximum absolute atomic E-state index is 10.8. The summed E-state index contributed by atoms with van der Waals surface area (Å²) in [6.45, 7) is 2.95. The highest BCUT2D eigenvalue weighted by atomic mass is 35.5. The van der Waals surface area contributed by atoms with Crippen molar-refractivity contribution in [3.8, 4) is 0 Å². The van der Waals surface area contributed by atoms with E-state index in [1.165, 1.54) is 19.2 Å². The summed E-state index contributed by atoms with van der Waals surface area (Å²) in [4.78, 5) is 19.2. The molecular weight excluding hydrogens is 474 g/mol. The topological polar surface area (TPSA) is 109 Å². The van der Waals surface area contributed by atoms with Crippen LogP contribution in [0.3, 0.4) is 0 Å². The lowest BCUT2D eigenvalue weighted by molar-refractivity contribution is 0.0529. The lowest BCUT2D eigenvalue weighted by Crippen LogP contribution is -2.45. The van der Waals surface area contributed by atoms with Gasteiger partial charge in [0, 0.05) is 36.3 Å². The van der Waals surface area contributed by atoms with E-state index in [0.29, 0.717) is 11.9 Å². The molecule has 4 aromatic rings. The Labute approximate surface area is 215 Å². The van der Waals surface area contributed by atoms with E-state index in [4.69, 9.17) is 22.3 Å². The number of aryl methyl sites for hydroxylation is 2. The number of H-pyrrole nitrogens is 1. The summed E-state index contributed by atoms with van der Waals surface area (Å²) in [5.41, 5.74) is 9.95. The van der Waals surface area contributed by atoms with Crippen molar-refractivity contribution in [2.24, 2.45) is 11.8 Å². The normalized spacial score (nSPS) is 26.3. The van der Waals surface area contributed by atoms with Gasteiger partial charge < -0.3 is 25.3 Å². The average molecular weight is 508 g/mol. The molecule has 3 atom stereocenters. The van der Waals surface area contributed by atoms with Gasteiger partial charge in [0.1, 0.15) is 23.6 Å². The van der Waals surface area contributed by atoms with Crippen molar-refractivity contribution in [2.75, 3.05) is 19.3 Å². The predicted octanol–water partition coefficient (Wildman–Crippen LogP) is 4.51. The summed E-state index contributed by atoms with van der Waals surface area (Å²) in [7, 11) is 2.21. The molecule has 0 radical (unpaired) electrons. The number of aromatic nitrogens is 5. The fourth-order valence-corrected chi connectivity index (χ4v) is 6.41. The first kappa shape index (κ1) is 23.7. The van der Waals surface area contributed by atoms with E-state index in [0.717, 1.165) is 76.6 Å². The van der Waals surface area contributed by atoms with E-state index < -0.39 is 0 Å². The number of fused-ring (bicyclic) bond motifs is 2. The minimum Gasteiger partial charge on any atom is -0.393 e. The van der Waals surface area contributed by atoms with Crippen molar-refractivity contribution >= 4 is 39.5 Å². The van der Waals surface area contributed by atoms with E-state index in [1.54, 1.807) is 0 Å².